The average molecular weight is 282 g/mol. The maximum Gasteiger partial charge on any atom is 0.120 e. The quantitative estimate of drug-likeness (QED) is 0.814. The summed E-state index contributed by atoms with van der Waals surface area (Å²) in [5, 5.41) is 4.37. The van der Waals surface area contributed by atoms with E-state index in [-0.39, 0.29) is 6.10 Å². The maximum atomic E-state index is 6.14. The van der Waals surface area contributed by atoms with Crippen molar-refractivity contribution in [1.29, 1.82) is 0 Å². The highest BCUT2D eigenvalue weighted by Crippen LogP contribution is 2.25. The summed E-state index contributed by atoms with van der Waals surface area (Å²) >= 11 is 6.14. The molecule has 1 aliphatic rings. The lowest BCUT2D eigenvalue weighted by atomic mass is 10.1. The van der Waals surface area contributed by atoms with Crippen molar-refractivity contribution in [1.82, 2.24) is 5.32 Å². The molecule has 0 amide bonds. The molecule has 1 fully saturated rings. The van der Waals surface area contributed by atoms with Crippen molar-refractivity contribution in [2.75, 3.05) is 6.54 Å². The van der Waals surface area contributed by atoms with Gasteiger partial charge >= 0.3 is 0 Å². The van der Waals surface area contributed by atoms with Crippen LogP contribution in [0.25, 0.3) is 0 Å². The Balaban J connectivity index is 1.98. The first-order chi connectivity index (χ1) is 9.10. The van der Waals surface area contributed by atoms with Gasteiger partial charge in [0.2, 0.25) is 0 Å². The predicted molar refractivity (Wildman–Crippen MR) is 81.1 cm³/mol. The van der Waals surface area contributed by atoms with Gasteiger partial charge in [0.15, 0.2) is 0 Å². The largest absolute Gasteiger partial charge is 0.489 e. The third kappa shape index (κ3) is 4.39. The van der Waals surface area contributed by atoms with Crippen molar-refractivity contribution < 1.29 is 4.74 Å². The lowest BCUT2D eigenvalue weighted by molar-refractivity contribution is 0.148. The number of ether oxygens (including phenoxy) is 1. The first-order valence-corrected chi connectivity index (χ1v) is 7.66. The van der Waals surface area contributed by atoms with Crippen LogP contribution in [0.4, 0.5) is 0 Å². The summed E-state index contributed by atoms with van der Waals surface area (Å²) in [4.78, 5) is 0. The van der Waals surface area contributed by atoms with Gasteiger partial charge in [-0.3, -0.25) is 0 Å². The van der Waals surface area contributed by atoms with Crippen LogP contribution in [0.5, 0.6) is 5.75 Å². The molecule has 106 valence electrons. The number of benzene rings is 1. The third-order valence-corrected chi connectivity index (χ3v) is 3.98. The Kier molecular flexibility index (Phi) is 5.12. The molecule has 2 rings (SSSR count). The van der Waals surface area contributed by atoms with E-state index in [1.807, 2.05) is 12.1 Å². The van der Waals surface area contributed by atoms with Gasteiger partial charge in [-0.1, -0.05) is 32.4 Å². The van der Waals surface area contributed by atoms with Gasteiger partial charge < -0.3 is 10.1 Å². The number of hydrogen-bond donors (Lipinski definition) is 1. The molecule has 0 radical (unpaired) electrons. The molecule has 0 saturated heterocycles. The number of halogens is 1. The van der Waals surface area contributed by atoms with Crippen LogP contribution in [-0.4, -0.2) is 18.7 Å². The topological polar surface area (TPSA) is 21.3 Å². The molecule has 1 unspecified atom stereocenters. The monoisotopic (exact) mass is 281 g/mol. The van der Waals surface area contributed by atoms with E-state index in [0.717, 1.165) is 35.3 Å². The molecular weight excluding hydrogens is 258 g/mol. The molecule has 19 heavy (non-hydrogen) atoms. The fourth-order valence-electron chi connectivity index (χ4n) is 2.05. The second-order valence-electron chi connectivity index (χ2n) is 5.69. The van der Waals surface area contributed by atoms with Gasteiger partial charge in [0, 0.05) is 17.6 Å². The van der Waals surface area contributed by atoms with E-state index >= 15 is 0 Å². The normalized spacial score (nSPS) is 16.7. The van der Waals surface area contributed by atoms with E-state index < -0.39 is 0 Å². The first kappa shape index (κ1) is 14.7. The number of nitrogens with one attached hydrogen (secondary N) is 1. The Morgan fingerprint density at radius 2 is 2.11 bits per heavy atom. The highest BCUT2D eigenvalue weighted by Gasteiger charge is 2.23. The van der Waals surface area contributed by atoms with Crippen molar-refractivity contribution >= 4 is 11.6 Å². The Bertz CT molecular complexity index is 415. The third-order valence-electron chi connectivity index (χ3n) is 3.61. The van der Waals surface area contributed by atoms with E-state index in [9.17, 15) is 0 Å². The lowest BCUT2D eigenvalue weighted by Gasteiger charge is -2.23. The van der Waals surface area contributed by atoms with Crippen molar-refractivity contribution in [3.05, 3.63) is 28.8 Å². The number of hydrogen-bond acceptors (Lipinski definition) is 2. The molecule has 0 spiro atoms. The van der Waals surface area contributed by atoms with Crippen LogP contribution in [0.15, 0.2) is 18.2 Å². The SMILES string of the molecule is CCc1cc(OC(CNC2CC2)C(C)C)ccc1Cl. The fourth-order valence-corrected chi connectivity index (χ4v) is 2.31. The van der Waals surface area contributed by atoms with Gasteiger partial charge in [0.25, 0.3) is 0 Å². The summed E-state index contributed by atoms with van der Waals surface area (Å²) in [6, 6.07) is 6.69. The Morgan fingerprint density at radius 1 is 1.37 bits per heavy atom. The summed E-state index contributed by atoms with van der Waals surface area (Å²) in [6.07, 6.45) is 3.77. The predicted octanol–water partition coefficient (Wildman–Crippen LogP) is 4.06. The molecule has 1 aliphatic carbocycles. The summed E-state index contributed by atoms with van der Waals surface area (Å²) in [5.41, 5.74) is 1.15. The van der Waals surface area contributed by atoms with Gasteiger partial charge in [-0.25, -0.2) is 0 Å². The highest BCUT2D eigenvalue weighted by atomic mass is 35.5. The molecule has 1 N–H and O–H groups in total. The standard InChI is InChI=1S/C16H24ClNO/c1-4-12-9-14(7-8-15(12)17)19-16(11(2)3)10-18-13-5-6-13/h7-9,11,13,16,18H,4-6,10H2,1-3H3. The summed E-state index contributed by atoms with van der Waals surface area (Å²) < 4.78 is 6.13. The Hall–Kier alpha value is -0.730. The first-order valence-electron chi connectivity index (χ1n) is 7.28. The molecule has 0 bridgehead atoms. The van der Waals surface area contributed by atoms with Gasteiger partial charge in [0.05, 0.1) is 0 Å². The van der Waals surface area contributed by atoms with E-state index in [4.69, 9.17) is 16.3 Å². The summed E-state index contributed by atoms with van der Waals surface area (Å²) in [7, 11) is 0. The fraction of sp³-hybridized carbons (Fsp3) is 0.625. The van der Waals surface area contributed by atoms with Crippen LogP contribution in [0, 0.1) is 5.92 Å². The van der Waals surface area contributed by atoms with Gasteiger partial charge in [-0.05, 0) is 48.9 Å². The Labute approximate surface area is 121 Å². The summed E-state index contributed by atoms with van der Waals surface area (Å²) in [5.74, 6) is 1.42. The molecule has 0 aliphatic heterocycles. The minimum Gasteiger partial charge on any atom is -0.489 e. The van der Waals surface area contributed by atoms with Gasteiger partial charge in [-0.2, -0.15) is 0 Å². The molecular formula is C16H24ClNO. The minimum atomic E-state index is 0.214. The van der Waals surface area contributed by atoms with Gasteiger partial charge in [-0.15, -0.1) is 0 Å². The second kappa shape index (κ2) is 6.62. The number of aryl methyl sites for hydroxylation is 1. The molecule has 2 nitrogen and oxygen atoms in total. The van der Waals surface area contributed by atoms with Crippen LogP contribution < -0.4 is 10.1 Å². The molecule has 3 heteroatoms. The van der Waals surface area contributed by atoms with E-state index in [1.54, 1.807) is 0 Å². The van der Waals surface area contributed by atoms with Crippen molar-refractivity contribution in [3.8, 4) is 5.75 Å². The van der Waals surface area contributed by atoms with Crippen LogP contribution >= 0.6 is 11.6 Å². The molecule has 1 saturated carbocycles. The highest BCUT2D eigenvalue weighted by molar-refractivity contribution is 6.31. The Morgan fingerprint density at radius 3 is 2.68 bits per heavy atom. The van der Waals surface area contributed by atoms with E-state index in [2.05, 4.69) is 32.2 Å². The molecule has 1 atom stereocenters. The molecule has 0 aromatic heterocycles. The van der Waals surface area contributed by atoms with Crippen LogP contribution in [0.2, 0.25) is 5.02 Å². The maximum absolute atomic E-state index is 6.14. The van der Waals surface area contributed by atoms with E-state index in [1.165, 1.54) is 12.8 Å². The van der Waals surface area contributed by atoms with Crippen LogP contribution in [0.1, 0.15) is 39.2 Å². The lowest BCUT2D eigenvalue weighted by Crippen LogP contribution is -2.36. The molecule has 1 aromatic rings. The van der Waals surface area contributed by atoms with Crippen molar-refractivity contribution in [2.24, 2.45) is 5.92 Å². The van der Waals surface area contributed by atoms with Crippen LogP contribution in [-0.2, 0) is 6.42 Å². The zero-order valence-corrected chi connectivity index (χ0v) is 12.8. The second-order valence-corrected chi connectivity index (χ2v) is 6.10. The minimum absolute atomic E-state index is 0.214. The van der Waals surface area contributed by atoms with Crippen molar-refractivity contribution in [2.45, 2.75) is 52.2 Å². The zero-order chi connectivity index (χ0) is 13.8. The van der Waals surface area contributed by atoms with Gasteiger partial charge in [0.1, 0.15) is 11.9 Å². The average Bonchev–Trinajstić information content (AvgIpc) is 3.20. The molecule has 1 aromatic carbocycles. The van der Waals surface area contributed by atoms with Crippen molar-refractivity contribution in [3.63, 3.8) is 0 Å². The zero-order valence-electron chi connectivity index (χ0n) is 12.1. The number of rotatable bonds is 7. The summed E-state index contributed by atoms with van der Waals surface area (Å²) in [6.45, 7) is 7.44. The molecule has 0 heterocycles. The smallest absolute Gasteiger partial charge is 0.120 e. The van der Waals surface area contributed by atoms with Crippen LogP contribution in [0.3, 0.4) is 0 Å². The van der Waals surface area contributed by atoms with E-state index in [0.29, 0.717) is 5.92 Å².